The molecule has 3 fully saturated rings. The summed E-state index contributed by atoms with van der Waals surface area (Å²) in [6.45, 7) is -0.173. The Kier molecular flexibility index (Phi) is 2.48. The summed E-state index contributed by atoms with van der Waals surface area (Å²) in [5.74, 6) is 0.622. The van der Waals surface area contributed by atoms with Gasteiger partial charge in [0.25, 0.3) is 0 Å². The van der Waals surface area contributed by atoms with E-state index >= 15 is 0 Å². The summed E-state index contributed by atoms with van der Waals surface area (Å²) in [6, 6.07) is 0. The zero-order valence-corrected chi connectivity index (χ0v) is 9.48. The van der Waals surface area contributed by atoms with E-state index in [4.69, 9.17) is 4.74 Å². The van der Waals surface area contributed by atoms with E-state index in [2.05, 4.69) is 5.32 Å². The first-order chi connectivity index (χ1) is 7.71. The second kappa shape index (κ2) is 3.64. The van der Waals surface area contributed by atoms with Crippen LogP contribution in [0.15, 0.2) is 0 Å². The zero-order chi connectivity index (χ0) is 11.2. The molecule has 1 spiro atoms. The molecule has 0 aromatic rings. The molecule has 0 bridgehead atoms. The van der Waals surface area contributed by atoms with Crippen molar-refractivity contribution >= 4 is 0 Å². The average molecular weight is 231 g/mol. The summed E-state index contributed by atoms with van der Waals surface area (Å²) in [5.41, 5.74) is -1.15. The minimum absolute atomic E-state index is 0.332. The number of ether oxygens (including phenoxy) is 1. The van der Waals surface area contributed by atoms with Crippen LogP contribution in [0.25, 0.3) is 0 Å². The highest BCUT2D eigenvalue weighted by molar-refractivity contribution is 5.07. The average Bonchev–Trinajstić information content (AvgIpc) is 2.72. The molecule has 2 atom stereocenters. The summed E-state index contributed by atoms with van der Waals surface area (Å²) < 4.78 is 31.6. The normalized spacial score (nSPS) is 39.4. The monoisotopic (exact) mass is 231 g/mol. The summed E-state index contributed by atoms with van der Waals surface area (Å²) in [5, 5.41) is 3.37. The molecule has 3 rings (SSSR count). The predicted octanol–water partition coefficient (Wildman–Crippen LogP) is 2.19. The third-order valence-corrected chi connectivity index (χ3v) is 4.54. The Hall–Kier alpha value is -0.220. The maximum absolute atomic E-state index is 12.8. The quantitative estimate of drug-likeness (QED) is 0.786. The van der Waals surface area contributed by atoms with Crippen LogP contribution in [-0.2, 0) is 4.74 Å². The number of hydrogen-bond donors (Lipinski definition) is 1. The Labute approximate surface area is 94.7 Å². The molecule has 0 amide bonds. The molecule has 1 aliphatic heterocycles. The molecule has 3 aliphatic rings. The van der Waals surface area contributed by atoms with E-state index in [1.807, 2.05) is 0 Å². The van der Waals surface area contributed by atoms with Crippen molar-refractivity contribution in [2.24, 2.45) is 11.3 Å². The van der Waals surface area contributed by atoms with Gasteiger partial charge in [0.1, 0.15) is 5.72 Å². The molecule has 2 nitrogen and oxygen atoms in total. The van der Waals surface area contributed by atoms with E-state index in [-0.39, 0.29) is 0 Å². The van der Waals surface area contributed by atoms with Gasteiger partial charge in [-0.15, -0.1) is 0 Å². The Morgan fingerprint density at radius 3 is 2.62 bits per heavy atom. The van der Waals surface area contributed by atoms with E-state index in [0.717, 1.165) is 13.0 Å². The topological polar surface area (TPSA) is 21.3 Å². The standard InChI is InChI=1S/C12H19F2NO/c13-7-11(8-14)5-12(6-11)15-4-9-2-1-3-10(9)16-12/h9-10,15H,1-8H2. The molecule has 1 N–H and O–H groups in total. The lowest BCUT2D eigenvalue weighted by Gasteiger charge is -2.57. The highest BCUT2D eigenvalue weighted by atomic mass is 19.1. The van der Waals surface area contributed by atoms with Gasteiger partial charge in [-0.25, -0.2) is 0 Å². The molecular formula is C12H19F2NO. The Morgan fingerprint density at radius 1 is 1.19 bits per heavy atom. The molecule has 2 aliphatic carbocycles. The third-order valence-electron chi connectivity index (χ3n) is 4.54. The van der Waals surface area contributed by atoms with Crippen molar-refractivity contribution in [3.8, 4) is 0 Å². The highest BCUT2D eigenvalue weighted by Crippen LogP contribution is 2.53. The fourth-order valence-corrected chi connectivity index (χ4v) is 3.63. The summed E-state index contributed by atoms with van der Waals surface area (Å²) in [6.07, 6.45) is 4.90. The number of hydrogen-bond acceptors (Lipinski definition) is 2. The minimum atomic E-state index is -0.752. The molecule has 2 unspecified atom stereocenters. The first-order valence-electron chi connectivity index (χ1n) is 6.26. The Bertz CT molecular complexity index is 267. The van der Waals surface area contributed by atoms with Gasteiger partial charge in [-0.05, 0) is 18.8 Å². The van der Waals surface area contributed by atoms with Crippen LogP contribution >= 0.6 is 0 Å². The maximum Gasteiger partial charge on any atom is 0.121 e. The lowest BCUT2D eigenvalue weighted by Crippen LogP contribution is -2.68. The van der Waals surface area contributed by atoms with Crippen LogP contribution in [0.3, 0.4) is 0 Å². The smallest absolute Gasteiger partial charge is 0.121 e. The highest BCUT2D eigenvalue weighted by Gasteiger charge is 2.59. The van der Waals surface area contributed by atoms with Crippen molar-refractivity contribution in [3.63, 3.8) is 0 Å². The molecule has 0 radical (unpaired) electrons. The molecule has 16 heavy (non-hydrogen) atoms. The molecule has 92 valence electrons. The van der Waals surface area contributed by atoms with E-state index in [0.29, 0.717) is 24.9 Å². The van der Waals surface area contributed by atoms with E-state index in [1.54, 1.807) is 0 Å². The first-order valence-corrected chi connectivity index (χ1v) is 6.26. The van der Waals surface area contributed by atoms with Crippen LogP contribution in [0.1, 0.15) is 32.1 Å². The van der Waals surface area contributed by atoms with Gasteiger partial charge in [-0.1, -0.05) is 6.42 Å². The molecule has 0 aromatic carbocycles. The van der Waals surface area contributed by atoms with Crippen molar-refractivity contribution in [1.29, 1.82) is 0 Å². The van der Waals surface area contributed by atoms with Gasteiger partial charge >= 0.3 is 0 Å². The van der Waals surface area contributed by atoms with Crippen LogP contribution < -0.4 is 5.32 Å². The summed E-state index contributed by atoms with van der Waals surface area (Å²) in [7, 11) is 0. The van der Waals surface area contributed by atoms with Gasteiger partial charge in [-0.2, -0.15) is 0 Å². The van der Waals surface area contributed by atoms with Gasteiger partial charge in [0.15, 0.2) is 0 Å². The van der Waals surface area contributed by atoms with Crippen LogP contribution in [0.4, 0.5) is 8.78 Å². The Morgan fingerprint density at radius 2 is 1.94 bits per heavy atom. The third kappa shape index (κ3) is 1.50. The van der Waals surface area contributed by atoms with Crippen molar-refractivity contribution < 1.29 is 13.5 Å². The lowest BCUT2D eigenvalue weighted by atomic mass is 9.63. The number of fused-ring (bicyclic) bond motifs is 1. The van der Waals surface area contributed by atoms with Crippen LogP contribution in [0.2, 0.25) is 0 Å². The lowest BCUT2D eigenvalue weighted by molar-refractivity contribution is -0.247. The molecule has 4 heteroatoms. The fourth-order valence-electron chi connectivity index (χ4n) is 3.63. The Balaban J connectivity index is 1.65. The number of halogens is 2. The molecule has 0 aromatic heterocycles. The van der Waals surface area contributed by atoms with E-state index in [9.17, 15) is 8.78 Å². The zero-order valence-electron chi connectivity index (χ0n) is 9.48. The largest absolute Gasteiger partial charge is 0.357 e. The fraction of sp³-hybridized carbons (Fsp3) is 1.00. The van der Waals surface area contributed by atoms with Gasteiger partial charge in [0.05, 0.1) is 19.5 Å². The van der Waals surface area contributed by atoms with Gasteiger partial charge in [0, 0.05) is 24.8 Å². The van der Waals surface area contributed by atoms with Crippen molar-refractivity contribution in [1.82, 2.24) is 5.32 Å². The van der Waals surface area contributed by atoms with Gasteiger partial charge in [-0.3, -0.25) is 14.1 Å². The number of rotatable bonds is 2. The van der Waals surface area contributed by atoms with Crippen molar-refractivity contribution in [3.05, 3.63) is 0 Å². The van der Waals surface area contributed by atoms with Crippen molar-refractivity contribution in [2.75, 3.05) is 19.9 Å². The van der Waals surface area contributed by atoms with Crippen molar-refractivity contribution in [2.45, 2.75) is 43.9 Å². The summed E-state index contributed by atoms with van der Waals surface area (Å²) in [4.78, 5) is 0. The van der Waals surface area contributed by atoms with Gasteiger partial charge in [0.2, 0.25) is 0 Å². The SMILES string of the molecule is FCC1(CF)CC2(C1)NCC1CCCC1O2. The van der Waals surface area contributed by atoms with Crippen LogP contribution in [-0.4, -0.2) is 31.7 Å². The summed E-state index contributed by atoms with van der Waals surface area (Å²) >= 11 is 0. The van der Waals surface area contributed by atoms with E-state index < -0.39 is 24.5 Å². The van der Waals surface area contributed by atoms with Gasteiger partial charge < -0.3 is 4.74 Å². The first kappa shape index (κ1) is 10.9. The number of alkyl halides is 2. The van der Waals surface area contributed by atoms with E-state index in [1.165, 1.54) is 12.8 Å². The second-order valence-electron chi connectivity index (χ2n) is 5.84. The predicted molar refractivity (Wildman–Crippen MR) is 56.6 cm³/mol. The molecule has 1 saturated heterocycles. The number of nitrogens with one attached hydrogen (secondary N) is 1. The van der Waals surface area contributed by atoms with Crippen LogP contribution in [0.5, 0.6) is 0 Å². The second-order valence-corrected chi connectivity index (χ2v) is 5.84. The molecule has 1 heterocycles. The minimum Gasteiger partial charge on any atom is -0.357 e. The maximum atomic E-state index is 12.8. The van der Waals surface area contributed by atoms with Crippen LogP contribution in [0, 0.1) is 11.3 Å². The molecule has 2 saturated carbocycles. The molecular weight excluding hydrogens is 212 g/mol.